The van der Waals surface area contributed by atoms with Crippen molar-refractivity contribution < 1.29 is 5.21 Å². The van der Waals surface area contributed by atoms with E-state index in [0.717, 1.165) is 6.42 Å². The Bertz CT molecular complexity index is 48.8. The van der Waals surface area contributed by atoms with Crippen LogP contribution >= 0.6 is 0 Å². The molecule has 0 bridgehead atoms. The Hall–Kier alpha value is -0.0800. The minimum absolute atomic E-state index is 0.500. The summed E-state index contributed by atoms with van der Waals surface area (Å²) in [6.07, 6.45) is 0.983. The Labute approximate surface area is 64.6 Å². The molecule has 2 heteroatoms. The molecule has 0 atom stereocenters. The van der Waals surface area contributed by atoms with Gasteiger partial charge in [0.1, 0.15) is 0 Å². The molecule has 0 aliphatic rings. The number of hydroxylamine groups is 1. The molecule has 0 aliphatic carbocycles. The molecule has 0 rings (SSSR count). The molecule has 0 saturated carbocycles. The largest absolute Gasteiger partial charge is 0.317 e. The standard InChI is InChI=1S/C5H12.C3H9NO/c1-5(2,3)4;1-2-3-4-5/h1-4H3;4-5H,2-3H2,1H3. The maximum atomic E-state index is 7.82. The van der Waals surface area contributed by atoms with Crippen LogP contribution < -0.4 is 5.48 Å². The second-order valence-electron chi connectivity index (χ2n) is 3.91. The van der Waals surface area contributed by atoms with Gasteiger partial charge in [0.2, 0.25) is 0 Å². The number of nitrogens with one attached hydrogen (secondary N) is 1. The predicted octanol–water partition coefficient (Wildman–Crippen LogP) is 2.43. The molecule has 0 amide bonds. The van der Waals surface area contributed by atoms with Crippen molar-refractivity contribution in [1.29, 1.82) is 0 Å². The average molecular weight is 147 g/mol. The molecule has 0 spiro atoms. The molecule has 2 N–H and O–H groups in total. The first kappa shape index (κ1) is 12.6. The van der Waals surface area contributed by atoms with E-state index < -0.39 is 0 Å². The number of hydrogen-bond donors (Lipinski definition) is 2. The average Bonchev–Trinajstić information content (AvgIpc) is 1.63. The van der Waals surface area contributed by atoms with E-state index in [1.165, 1.54) is 0 Å². The van der Waals surface area contributed by atoms with Gasteiger partial charge in [-0.05, 0) is 11.8 Å². The fourth-order valence-electron chi connectivity index (χ4n) is 0.112. The van der Waals surface area contributed by atoms with Crippen LogP contribution in [0.2, 0.25) is 0 Å². The molecule has 0 aromatic carbocycles. The van der Waals surface area contributed by atoms with Gasteiger partial charge in [-0.15, -0.1) is 0 Å². The molecule has 0 unspecified atom stereocenters. The van der Waals surface area contributed by atoms with Gasteiger partial charge in [-0.2, -0.15) is 0 Å². The van der Waals surface area contributed by atoms with Gasteiger partial charge in [-0.25, -0.2) is 5.48 Å². The first-order valence-electron chi connectivity index (χ1n) is 3.78. The minimum atomic E-state index is 0.500. The van der Waals surface area contributed by atoms with Crippen LogP contribution in [0.1, 0.15) is 41.0 Å². The minimum Gasteiger partial charge on any atom is -0.317 e. The zero-order chi connectivity index (χ0) is 8.62. The van der Waals surface area contributed by atoms with Crippen LogP contribution in [0.5, 0.6) is 0 Å². The van der Waals surface area contributed by atoms with Crippen LogP contribution in [0.15, 0.2) is 0 Å². The highest BCUT2D eigenvalue weighted by molar-refractivity contribution is 4.47. The second-order valence-corrected chi connectivity index (χ2v) is 3.91. The third-order valence-corrected chi connectivity index (χ3v) is 0.362. The van der Waals surface area contributed by atoms with Gasteiger partial charge in [-0.3, -0.25) is 0 Å². The van der Waals surface area contributed by atoms with Crippen molar-refractivity contribution in [2.75, 3.05) is 6.54 Å². The highest BCUT2D eigenvalue weighted by Gasteiger charge is 1.95. The molecule has 0 aromatic rings. The van der Waals surface area contributed by atoms with Gasteiger partial charge < -0.3 is 5.21 Å². The van der Waals surface area contributed by atoms with Gasteiger partial charge in [0, 0.05) is 6.54 Å². The third-order valence-electron chi connectivity index (χ3n) is 0.362. The van der Waals surface area contributed by atoms with E-state index in [9.17, 15) is 0 Å². The zero-order valence-electron chi connectivity index (χ0n) is 7.86. The smallest absolute Gasteiger partial charge is 0.0204 e. The quantitative estimate of drug-likeness (QED) is 0.588. The lowest BCUT2D eigenvalue weighted by molar-refractivity contribution is 0.167. The molecule has 0 aromatic heterocycles. The Morgan fingerprint density at radius 1 is 1.20 bits per heavy atom. The lowest BCUT2D eigenvalue weighted by Crippen LogP contribution is -2.06. The van der Waals surface area contributed by atoms with Crippen molar-refractivity contribution >= 4 is 0 Å². The maximum Gasteiger partial charge on any atom is 0.0204 e. The number of rotatable bonds is 2. The lowest BCUT2D eigenvalue weighted by atomic mass is 10.0. The highest BCUT2D eigenvalue weighted by Crippen LogP contribution is 2.07. The fourth-order valence-corrected chi connectivity index (χ4v) is 0.112. The van der Waals surface area contributed by atoms with E-state index in [0.29, 0.717) is 12.0 Å². The summed E-state index contributed by atoms with van der Waals surface area (Å²) in [7, 11) is 0. The summed E-state index contributed by atoms with van der Waals surface area (Å²) in [5, 5.41) is 7.82. The summed E-state index contributed by atoms with van der Waals surface area (Å²) in [6.45, 7) is 11.4. The monoisotopic (exact) mass is 147 g/mol. The molecular weight excluding hydrogens is 126 g/mol. The van der Waals surface area contributed by atoms with Gasteiger partial charge in [0.05, 0.1) is 0 Å². The van der Waals surface area contributed by atoms with E-state index in [1.807, 2.05) is 12.4 Å². The van der Waals surface area contributed by atoms with E-state index in [-0.39, 0.29) is 0 Å². The molecule has 0 fully saturated rings. The molecule has 0 heterocycles. The van der Waals surface area contributed by atoms with Crippen molar-refractivity contribution in [3.05, 3.63) is 0 Å². The highest BCUT2D eigenvalue weighted by atomic mass is 16.5. The van der Waals surface area contributed by atoms with Crippen LogP contribution in [-0.4, -0.2) is 11.8 Å². The second kappa shape index (κ2) is 7.03. The molecule has 0 aliphatic heterocycles. The molecule has 2 nitrogen and oxygen atoms in total. The Balaban J connectivity index is 0. The summed E-state index contributed by atoms with van der Waals surface area (Å²) in [6, 6.07) is 0. The summed E-state index contributed by atoms with van der Waals surface area (Å²) in [5.41, 5.74) is 2.52. The topological polar surface area (TPSA) is 32.3 Å². The molecule has 64 valence electrons. The normalized spacial score (nSPS) is 10.2. The van der Waals surface area contributed by atoms with E-state index in [1.54, 1.807) is 0 Å². The SMILES string of the molecule is CC(C)(C)C.CCCNO. The summed E-state index contributed by atoms with van der Waals surface area (Å²) < 4.78 is 0. The lowest BCUT2D eigenvalue weighted by Gasteiger charge is -2.05. The third kappa shape index (κ3) is 103. The van der Waals surface area contributed by atoms with E-state index in [2.05, 4.69) is 27.7 Å². The van der Waals surface area contributed by atoms with Gasteiger partial charge >= 0.3 is 0 Å². The first-order chi connectivity index (χ1) is 4.41. The molecule has 0 saturated heterocycles. The number of hydrogen-bond acceptors (Lipinski definition) is 2. The summed E-state index contributed by atoms with van der Waals surface area (Å²) >= 11 is 0. The predicted molar refractivity (Wildman–Crippen MR) is 45.2 cm³/mol. The Kier molecular flexibility index (Phi) is 8.85. The van der Waals surface area contributed by atoms with Gasteiger partial charge in [-0.1, -0.05) is 34.6 Å². The Morgan fingerprint density at radius 2 is 1.50 bits per heavy atom. The van der Waals surface area contributed by atoms with Crippen molar-refractivity contribution in [2.45, 2.75) is 41.0 Å². The first-order valence-corrected chi connectivity index (χ1v) is 3.78. The summed E-state index contributed by atoms with van der Waals surface area (Å²) in [4.78, 5) is 0. The fraction of sp³-hybridized carbons (Fsp3) is 1.00. The van der Waals surface area contributed by atoms with E-state index in [4.69, 9.17) is 5.21 Å². The maximum absolute atomic E-state index is 7.82. The van der Waals surface area contributed by atoms with Gasteiger partial charge in [0.25, 0.3) is 0 Å². The van der Waals surface area contributed by atoms with Crippen molar-refractivity contribution in [2.24, 2.45) is 5.41 Å². The molecule has 0 radical (unpaired) electrons. The van der Waals surface area contributed by atoms with Crippen LogP contribution in [0, 0.1) is 5.41 Å². The zero-order valence-corrected chi connectivity index (χ0v) is 7.86. The summed E-state index contributed by atoms with van der Waals surface area (Å²) in [5.74, 6) is 0. The van der Waals surface area contributed by atoms with Crippen LogP contribution in [0.3, 0.4) is 0 Å². The van der Waals surface area contributed by atoms with Crippen molar-refractivity contribution in [3.63, 3.8) is 0 Å². The molecule has 10 heavy (non-hydrogen) atoms. The Morgan fingerprint density at radius 3 is 1.50 bits per heavy atom. The van der Waals surface area contributed by atoms with Crippen LogP contribution in [-0.2, 0) is 0 Å². The van der Waals surface area contributed by atoms with Gasteiger partial charge in [0.15, 0.2) is 0 Å². The van der Waals surface area contributed by atoms with Crippen LogP contribution in [0.25, 0.3) is 0 Å². The van der Waals surface area contributed by atoms with Crippen LogP contribution in [0.4, 0.5) is 0 Å². The van der Waals surface area contributed by atoms with E-state index >= 15 is 0 Å². The van der Waals surface area contributed by atoms with Crippen molar-refractivity contribution in [1.82, 2.24) is 5.48 Å². The van der Waals surface area contributed by atoms with Crippen molar-refractivity contribution in [3.8, 4) is 0 Å². The molecular formula is C8H21NO.